The zero-order chi connectivity index (χ0) is 15.4. The van der Waals surface area contributed by atoms with Gasteiger partial charge in [0.05, 0.1) is 12.1 Å². The van der Waals surface area contributed by atoms with Gasteiger partial charge in [0.1, 0.15) is 18.0 Å². The van der Waals surface area contributed by atoms with Crippen LogP contribution in [0.4, 0.5) is 11.6 Å². The average Bonchev–Trinajstić information content (AvgIpc) is 3.28. The van der Waals surface area contributed by atoms with E-state index >= 15 is 0 Å². The molecule has 0 saturated carbocycles. The normalized spacial score (nSPS) is 23.2. The molecule has 2 bridgehead atoms. The minimum Gasteiger partial charge on any atom is -0.350 e. The number of aryl methyl sites for hydroxylation is 1. The Labute approximate surface area is 132 Å². The summed E-state index contributed by atoms with van der Waals surface area (Å²) in [5.74, 6) is 2.77. The van der Waals surface area contributed by atoms with Crippen LogP contribution in [0.25, 0.3) is 5.65 Å². The van der Waals surface area contributed by atoms with Gasteiger partial charge < -0.3 is 9.80 Å². The van der Waals surface area contributed by atoms with Crippen LogP contribution in [-0.2, 0) is 0 Å². The summed E-state index contributed by atoms with van der Waals surface area (Å²) in [5.41, 5.74) is 0.824. The fourth-order valence-electron chi connectivity index (χ4n) is 3.76. The molecule has 2 unspecified atom stereocenters. The molecule has 0 N–H and O–H groups in total. The van der Waals surface area contributed by atoms with Crippen molar-refractivity contribution in [2.45, 2.75) is 25.4 Å². The monoisotopic (exact) mass is 308 g/mol. The Balaban J connectivity index is 1.45. The second kappa shape index (κ2) is 4.61. The molecule has 2 aliphatic rings. The van der Waals surface area contributed by atoms with Gasteiger partial charge in [0, 0.05) is 31.7 Å². The van der Waals surface area contributed by atoms with E-state index in [9.17, 15) is 0 Å². The maximum atomic E-state index is 4.57. The number of fused-ring (bicyclic) bond motifs is 3. The lowest BCUT2D eigenvalue weighted by Gasteiger charge is -2.35. The maximum absolute atomic E-state index is 4.57. The predicted octanol–water partition coefficient (Wildman–Crippen LogP) is 0.690. The molecule has 0 spiro atoms. The topological polar surface area (TPSA) is 75.3 Å². The molecule has 8 heteroatoms. The summed E-state index contributed by atoms with van der Waals surface area (Å²) in [5, 5.41) is 8.20. The summed E-state index contributed by atoms with van der Waals surface area (Å²) in [7, 11) is 0. The van der Waals surface area contributed by atoms with Crippen molar-refractivity contribution in [2.75, 3.05) is 22.9 Å². The standard InChI is InChI=1S/C15H16N8/c1-10-16-3-2-13(19-10)22-7-12-6-11(22)8-23(12)14-15-20-18-9-21(15)5-4-17-14/h2-5,9,11-12H,6-8H2,1H3. The molecule has 2 saturated heterocycles. The molecule has 8 nitrogen and oxygen atoms in total. The van der Waals surface area contributed by atoms with Crippen molar-refractivity contribution in [3.8, 4) is 0 Å². The predicted molar refractivity (Wildman–Crippen MR) is 84.4 cm³/mol. The van der Waals surface area contributed by atoms with Gasteiger partial charge in [-0.05, 0) is 19.4 Å². The highest BCUT2D eigenvalue weighted by molar-refractivity contribution is 5.66. The lowest BCUT2D eigenvalue weighted by molar-refractivity contribution is 0.634. The summed E-state index contributed by atoms with van der Waals surface area (Å²) in [6.45, 7) is 3.82. The first-order valence-electron chi connectivity index (χ1n) is 7.77. The van der Waals surface area contributed by atoms with Gasteiger partial charge >= 0.3 is 0 Å². The van der Waals surface area contributed by atoms with Crippen LogP contribution in [0.2, 0.25) is 0 Å². The zero-order valence-electron chi connectivity index (χ0n) is 12.7. The van der Waals surface area contributed by atoms with Crippen LogP contribution < -0.4 is 9.80 Å². The van der Waals surface area contributed by atoms with Crippen LogP contribution in [0.3, 0.4) is 0 Å². The van der Waals surface area contributed by atoms with Gasteiger partial charge in [0.15, 0.2) is 5.82 Å². The van der Waals surface area contributed by atoms with E-state index in [1.807, 2.05) is 36.0 Å². The average molecular weight is 308 g/mol. The second-order valence-corrected chi connectivity index (χ2v) is 6.12. The van der Waals surface area contributed by atoms with E-state index in [4.69, 9.17) is 0 Å². The molecule has 0 aliphatic carbocycles. The second-order valence-electron chi connectivity index (χ2n) is 6.12. The van der Waals surface area contributed by atoms with Crippen LogP contribution in [0.15, 0.2) is 31.0 Å². The number of aromatic nitrogens is 6. The molecule has 0 amide bonds. The largest absolute Gasteiger partial charge is 0.350 e. The van der Waals surface area contributed by atoms with Crippen molar-refractivity contribution in [3.63, 3.8) is 0 Å². The van der Waals surface area contributed by atoms with E-state index in [1.165, 1.54) is 0 Å². The number of rotatable bonds is 2. The minimum absolute atomic E-state index is 0.436. The van der Waals surface area contributed by atoms with Gasteiger partial charge in [0.25, 0.3) is 0 Å². The summed E-state index contributed by atoms with van der Waals surface area (Å²) >= 11 is 0. The molecule has 3 aromatic rings. The molecule has 2 atom stereocenters. The summed E-state index contributed by atoms with van der Waals surface area (Å²) in [6, 6.07) is 2.89. The fraction of sp³-hybridized carbons (Fsp3) is 0.400. The Bertz CT molecular complexity index is 875. The Kier molecular flexibility index (Phi) is 2.55. The minimum atomic E-state index is 0.436. The maximum Gasteiger partial charge on any atom is 0.203 e. The van der Waals surface area contributed by atoms with Crippen molar-refractivity contribution in [1.29, 1.82) is 0 Å². The number of hydrogen-bond acceptors (Lipinski definition) is 7. The van der Waals surface area contributed by atoms with E-state index in [0.717, 1.165) is 42.6 Å². The van der Waals surface area contributed by atoms with Gasteiger partial charge in [-0.3, -0.25) is 4.40 Å². The molecule has 0 radical (unpaired) electrons. The van der Waals surface area contributed by atoms with E-state index in [1.54, 1.807) is 6.33 Å². The van der Waals surface area contributed by atoms with Crippen LogP contribution in [0.5, 0.6) is 0 Å². The molecule has 0 aromatic carbocycles. The van der Waals surface area contributed by atoms with Gasteiger partial charge in [-0.1, -0.05) is 0 Å². The Morgan fingerprint density at radius 2 is 1.96 bits per heavy atom. The summed E-state index contributed by atoms with van der Waals surface area (Å²) in [6.07, 6.45) is 8.36. The van der Waals surface area contributed by atoms with Crippen molar-refractivity contribution in [2.24, 2.45) is 0 Å². The van der Waals surface area contributed by atoms with E-state index < -0.39 is 0 Å². The lowest BCUT2D eigenvalue weighted by Crippen LogP contribution is -2.47. The molecule has 3 aromatic heterocycles. The molecule has 5 heterocycles. The molecule has 23 heavy (non-hydrogen) atoms. The molecule has 116 valence electrons. The van der Waals surface area contributed by atoms with Gasteiger partial charge in [-0.25, -0.2) is 15.0 Å². The van der Waals surface area contributed by atoms with Crippen LogP contribution >= 0.6 is 0 Å². The first-order chi connectivity index (χ1) is 11.3. The highest BCUT2D eigenvalue weighted by Gasteiger charge is 2.45. The first kappa shape index (κ1) is 12.7. The van der Waals surface area contributed by atoms with E-state index in [-0.39, 0.29) is 0 Å². The quantitative estimate of drug-likeness (QED) is 0.689. The number of piperazine rings is 1. The molecular weight excluding hydrogens is 292 g/mol. The molecule has 2 aliphatic heterocycles. The molecule has 5 rings (SSSR count). The Morgan fingerprint density at radius 3 is 2.78 bits per heavy atom. The summed E-state index contributed by atoms with van der Waals surface area (Å²) in [4.78, 5) is 18.1. The lowest BCUT2D eigenvalue weighted by atomic mass is 10.2. The van der Waals surface area contributed by atoms with Crippen LogP contribution in [0, 0.1) is 6.92 Å². The van der Waals surface area contributed by atoms with E-state index in [2.05, 4.69) is 34.9 Å². The third-order valence-electron chi connectivity index (χ3n) is 4.77. The van der Waals surface area contributed by atoms with Crippen molar-refractivity contribution >= 4 is 17.3 Å². The molecular formula is C15H16N8. The SMILES string of the molecule is Cc1nccc(N2CC3CC2CN3c2nccn3cnnc23)n1. The number of hydrogen-bond donors (Lipinski definition) is 0. The van der Waals surface area contributed by atoms with Crippen molar-refractivity contribution < 1.29 is 0 Å². The van der Waals surface area contributed by atoms with Crippen LogP contribution in [-0.4, -0.2) is 54.7 Å². The number of nitrogens with zero attached hydrogens (tertiary/aromatic N) is 8. The smallest absolute Gasteiger partial charge is 0.203 e. The van der Waals surface area contributed by atoms with E-state index in [0.29, 0.717) is 12.1 Å². The van der Waals surface area contributed by atoms with Gasteiger partial charge in [-0.2, -0.15) is 0 Å². The Morgan fingerprint density at radius 1 is 1.09 bits per heavy atom. The van der Waals surface area contributed by atoms with Crippen molar-refractivity contribution in [3.05, 3.63) is 36.8 Å². The van der Waals surface area contributed by atoms with Crippen LogP contribution in [0.1, 0.15) is 12.2 Å². The van der Waals surface area contributed by atoms with Crippen molar-refractivity contribution in [1.82, 2.24) is 29.5 Å². The Hall–Kier alpha value is -2.77. The number of anilines is 2. The zero-order valence-corrected chi connectivity index (χ0v) is 12.7. The highest BCUT2D eigenvalue weighted by atomic mass is 15.4. The fourth-order valence-corrected chi connectivity index (χ4v) is 3.76. The highest BCUT2D eigenvalue weighted by Crippen LogP contribution is 2.36. The summed E-state index contributed by atoms with van der Waals surface area (Å²) < 4.78 is 1.92. The van der Waals surface area contributed by atoms with Gasteiger partial charge in [0.2, 0.25) is 5.65 Å². The molecule has 2 fully saturated rings. The van der Waals surface area contributed by atoms with Gasteiger partial charge in [-0.15, -0.1) is 10.2 Å². The first-order valence-corrected chi connectivity index (χ1v) is 7.77. The third-order valence-corrected chi connectivity index (χ3v) is 4.77. The third kappa shape index (κ3) is 1.87.